The van der Waals surface area contributed by atoms with Gasteiger partial charge < -0.3 is 20.4 Å². The predicted molar refractivity (Wildman–Crippen MR) is 84.8 cm³/mol. The van der Waals surface area contributed by atoms with Gasteiger partial charge in [0.1, 0.15) is 0 Å². The van der Waals surface area contributed by atoms with E-state index < -0.39 is 0 Å². The van der Waals surface area contributed by atoms with E-state index in [1.54, 1.807) is 27.7 Å². The molecular formula is C16H36GeO4. The Morgan fingerprint density at radius 3 is 0.524 bits per heavy atom. The van der Waals surface area contributed by atoms with Crippen molar-refractivity contribution in [2.45, 2.75) is 105 Å². The van der Waals surface area contributed by atoms with Crippen molar-refractivity contribution >= 4 is 17.6 Å². The van der Waals surface area contributed by atoms with E-state index in [9.17, 15) is 20.4 Å². The van der Waals surface area contributed by atoms with Gasteiger partial charge in [-0.25, -0.2) is 0 Å². The average molecular weight is 365 g/mol. The Morgan fingerprint density at radius 1 is 0.476 bits per heavy atom. The molecular weight excluding hydrogens is 329 g/mol. The molecule has 0 aromatic heterocycles. The first-order valence-corrected chi connectivity index (χ1v) is 7.71. The molecule has 0 aromatic rings. The maximum absolute atomic E-state index is 9.90. The van der Waals surface area contributed by atoms with Crippen LogP contribution in [0.1, 0.15) is 81.1 Å². The Kier molecular flexibility index (Phi) is 45.0. The first-order chi connectivity index (χ1) is 9.08. The topological polar surface area (TPSA) is 92.2 Å². The van der Waals surface area contributed by atoms with Crippen molar-refractivity contribution in [2.75, 3.05) is 0 Å². The molecule has 0 aliphatic heterocycles. The summed E-state index contributed by atoms with van der Waals surface area (Å²) in [5.74, 6) is 0. The average Bonchev–Trinajstić information content (AvgIpc) is 2.40. The third-order valence-corrected chi connectivity index (χ3v) is 2.30. The maximum atomic E-state index is 9.90. The minimum atomic E-state index is -0.366. The molecule has 0 aliphatic rings. The molecule has 0 radical (unpaired) electrons. The molecule has 0 heterocycles. The normalized spacial score (nSPS) is 14.3. The summed E-state index contributed by atoms with van der Waals surface area (Å²) in [6.45, 7) is 14.2. The van der Waals surface area contributed by atoms with Crippen LogP contribution in [0.4, 0.5) is 0 Å². The Morgan fingerprint density at radius 2 is 0.524 bits per heavy atom. The minimum absolute atomic E-state index is 0. The predicted octanol–water partition coefficient (Wildman–Crippen LogP) is 0.200. The summed E-state index contributed by atoms with van der Waals surface area (Å²) in [5, 5.41) is 39.6. The van der Waals surface area contributed by atoms with Crippen LogP contribution in [0.2, 0.25) is 0 Å². The quantitative estimate of drug-likeness (QED) is 0.666. The van der Waals surface area contributed by atoms with E-state index in [0.29, 0.717) is 0 Å². The summed E-state index contributed by atoms with van der Waals surface area (Å²) >= 11 is 0. The first-order valence-electron chi connectivity index (χ1n) is 7.71. The van der Waals surface area contributed by atoms with Gasteiger partial charge in [-0.2, -0.15) is 0 Å². The van der Waals surface area contributed by atoms with Crippen molar-refractivity contribution in [3.8, 4) is 0 Å². The molecule has 0 saturated carbocycles. The molecule has 0 saturated heterocycles. The third kappa shape index (κ3) is 98.0. The standard InChI is InChI=1S/4C4H9O.Ge/c4*1-3-4(2)5;/h4*4H,3H2,1-2H3;/q4*-1;+4. The zero-order valence-electron chi connectivity index (χ0n) is 15.3. The Bertz CT molecular complexity index is 108. The third-order valence-electron chi connectivity index (χ3n) is 2.30. The fourth-order valence-corrected chi connectivity index (χ4v) is 0. The van der Waals surface area contributed by atoms with Gasteiger partial charge in [-0.15, -0.1) is 24.4 Å². The van der Waals surface area contributed by atoms with Gasteiger partial charge in [0.2, 0.25) is 0 Å². The molecule has 4 unspecified atom stereocenters. The second-order valence-corrected chi connectivity index (χ2v) is 4.88. The van der Waals surface area contributed by atoms with Gasteiger partial charge in [-0.3, -0.25) is 0 Å². The van der Waals surface area contributed by atoms with E-state index in [1.165, 1.54) is 0 Å². The summed E-state index contributed by atoms with van der Waals surface area (Å²) < 4.78 is 0. The largest absolute Gasteiger partial charge is 4.00 e. The van der Waals surface area contributed by atoms with E-state index in [1.807, 2.05) is 27.7 Å². The Labute approximate surface area is 144 Å². The summed E-state index contributed by atoms with van der Waals surface area (Å²) in [5.41, 5.74) is 0. The van der Waals surface area contributed by atoms with Crippen molar-refractivity contribution in [3.05, 3.63) is 0 Å². The SMILES string of the molecule is CCC(C)[O-].CCC(C)[O-].CCC(C)[O-].CCC(C)[O-].[Ge+4]. The van der Waals surface area contributed by atoms with Crippen molar-refractivity contribution < 1.29 is 20.4 Å². The second kappa shape index (κ2) is 28.5. The summed E-state index contributed by atoms with van der Waals surface area (Å²) in [6, 6.07) is 0. The van der Waals surface area contributed by atoms with E-state index in [0.717, 1.165) is 25.7 Å². The number of hydrogen-bond donors (Lipinski definition) is 0. The van der Waals surface area contributed by atoms with Gasteiger partial charge in [-0.1, -0.05) is 81.1 Å². The molecule has 0 aliphatic carbocycles. The van der Waals surface area contributed by atoms with Crippen LogP contribution in [-0.4, -0.2) is 42.0 Å². The second-order valence-electron chi connectivity index (χ2n) is 4.88. The molecule has 0 N–H and O–H groups in total. The molecule has 0 bridgehead atoms. The summed E-state index contributed by atoms with van der Waals surface area (Å²) in [7, 11) is 0. The fraction of sp³-hybridized carbons (Fsp3) is 1.00. The minimum Gasteiger partial charge on any atom is -0.852 e. The van der Waals surface area contributed by atoms with Crippen molar-refractivity contribution in [3.63, 3.8) is 0 Å². The molecule has 0 amide bonds. The van der Waals surface area contributed by atoms with Crippen LogP contribution in [0, 0.1) is 0 Å². The molecule has 4 nitrogen and oxygen atoms in total. The van der Waals surface area contributed by atoms with Gasteiger partial charge in [-0.05, 0) is 0 Å². The molecule has 21 heavy (non-hydrogen) atoms. The Hall–Kier alpha value is 0.383. The molecule has 128 valence electrons. The van der Waals surface area contributed by atoms with E-state index in [2.05, 4.69) is 0 Å². The number of rotatable bonds is 4. The zero-order chi connectivity index (χ0) is 17.1. The molecule has 4 atom stereocenters. The van der Waals surface area contributed by atoms with Crippen molar-refractivity contribution in [1.29, 1.82) is 0 Å². The summed E-state index contributed by atoms with van der Waals surface area (Å²) in [4.78, 5) is 0. The van der Waals surface area contributed by atoms with Gasteiger partial charge in [0.25, 0.3) is 0 Å². The van der Waals surface area contributed by atoms with Crippen LogP contribution in [0.15, 0.2) is 0 Å². The van der Waals surface area contributed by atoms with E-state index in [-0.39, 0.29) is 42.0 Å². The van der Waals surface area contributed by atoms with Crippen LogP contribution < -0.4 is 20.4 Å². The van der Waals surface area contributed by atoms with Crippen molar-refractivity contribution in [1.82, 2.24) is 0 Å². The smallest absolute Gasteiger partial charge is 0.852 e. The van der Waals surface area contributed by atoms with Crippen LogP contribution >= 0.6 is 0 Å². The molecule has 5 heteroatoms. The van der Waals surface area contributed by atoms with Gasteiger partial charge in [0, 0.05) is 0 Å². The molecule has 0 aromatic carbocycles. The van der Waals surface area contributed by atoms with Crippen LogP contribution in [0.5, 0.6) is 0 Å². The molecule has 0 fully saturated rings. The number of hydrogen-bond acceptors (Lipinski definition) is 4. The molecule has 0 rings (SSSR count). The van der Waals surface area contributed by atoms with Gasteiger partial charge in [0.05, 0.1) is 0 Å². The van der Waals surface area contributed by atoms with Gasteiger partial charge >= 0.3 is 17.6 Å². The molecule has 0 spiro atoms. The van der Waals surface area contributed by atoms with Crippen LogP contribution in [0.25, 0.3) is 0 Å². The van der Waals surface area contributed by atoms with Gasteiger partial charge in [0.15, 0.2) is 0 Å². The Balaban J connectivity index is -0.0000000533. The van der Waals surface area contributed by atoms with E-state index >= 15 is 0 Å². The monoisotopic (exact) mass is 366 g/mol. The summed E-state index contributed by atoms with van der Waals surface area (Å²) in [6.07, 6.45) is 1.54. The first kappa shape index (κ1) is 33.1. The maximum Gasteiger partial charge on any atom is 4.00 e. The fourth-order valence-electron chi connectivity index (χ4n) is 0. The van der Waals surface area contributed by atoms with Crippen molar-refractivity contribution in [2.24, 2.45) is 0 Å². The van der Waals surface area contributed by atoms with Crippen LogP contribution in [0.3, 0.4) is 0 Å². The zero-order valence-corrected chi connectivity index (χ0v) is 17.4. The van der Waals surface area contributed by atoms with Crippen LogP contribution in [-0.2, 0) is 0 Å². The van der Waals surface area contributed by atoms with E-state index in [4.69, 9.17) is 0 Å².